The van der Waals surface area contributed by atoms with E-state index in [0.29, 0.717) is 6.04 Å². The number of hydrogen-bond donors (Lipinski definition) is 1. The topological polar surface area (TPSA) is 26.0 Å². The Morgan fingerprint density at radius 2 is 1.45 bits per heavy atom. The van der Waals surface area contributed by atoms with E-state index in [1.54, 1.807) is 37.0 Å². The minimum Gasteiger partial charge on any atom is -0.328 e. The minimum atomic E-state index is -0.641. The van der Waals surface area contributed by atoms with Crippen LogP contribution in [-0.2, 0) is 0 Å². The summed E-state index contributed by atoms with van der Waals surface area (Å²) in [7, 11) is -0.641. The molecular weight excluding hydrogens is 150 g/mol. The van der Waals surface area contributed by atoms with E-state index in [9.17, 15) is 0 Å². The van der Waals surface area contributed by atoms with Crippen LogP contribution in [0, 0.1) is 0 Å². The summed E-state index contributed by atoms with van der Waals surface area (Å²) in [5.41, 5.74) is 5.91. The van der Waals surface area contributed by atoms with Gasteiger partial charge in [-0.25, -0.2) is 0 Å². The maximum atomic E-state index is 5.91. The molecule has 2 saturated heterocycles. The second-order valence-electron chi connectivity index (χ2n) is 4.54. The van der Waals surface area contributed by atoms with Crippen LogP contribution in [0.3, 0.4) is 0 Å². The predicted octanol–water partition coefficient (Wildman–Crippen LogP) is 2.35. The van der Waals surface area contributed by atoms with Crippen molar-refractivity contribution in [3.8, 4) is 0 Å². The van der Waals surface area contributed by atoms with Gasteiger partial charge in [0, 0.05) is 6.04 Å². The van der Waals surface area contributed by atoms with Gasteiger partial charge in [0.1, 0.15) is 0 Å². The summed E-state index contributed by atoms with van der Waals surface area (Å²) in [6, 6.07) is 6.97. The van der Waals surface area contributed by atoms with Crippen LogP contribution in [0.4, 0.5) is 0 Å². The summed E-state index contributed by atoms with van der Waals surface area (Å²) in [5.74, 6) is 0. The van der Waals surface area contributed by atoms with Gasteiger partial charge in [-0.15, -0.1) is 0 Å². The van der Waals surface area contributed by atoms with E-state index >= 15 is 0 Å². The molecule has 0 aromatic heterocycles. The molecular formula is C9H19NSi. The number of nitrogens with two attached hydrogens (primary N) is 1. The molecule has 2 N–H and O–H groups in total. The average Bonchev–Trinajstić information content (AvgIpc) is 2.45. The molecule has 0 aliphatic carbocycles. The summed E-state index contributed by atoms with van der Waals surface area (Å²) in [6.07, 6.45) is 5.79. The van der Waals surface area contributed by atoms with Crippen LogP contribution in [0.15, 0.2) is 0 Å². The third-order valence-electron chi connectivity index (χ3n) is 3.76. The molecule has 2 heterocycles. The lowest BCUT2D eigenvalue weighted by atomic mass is 10.2. The summed E-state index contributed by atoms with van der Waals surface area (Å²) < 4.78 is 0. The van der Waals surface area contributed by atoms with Gasteiger partial charge in [-0.05, 0) is 12.8 Å². The molecule has 64 valence electrons. The maximum absolute atomic E-state index is 5.91. The molecule has 1 spiro atoms. The Kier molecular flexibility index (Phi) is 2.06. The Balaban J connectivity index is 1.94. The highest BCUT2D eigenvalue weighted by Crippen LogP contribution is 2.41. The van der Waals surface area contributed by atoms with Crippen LogP contribution in [0.2, 0.25) is 24.2 Å². The van der Waals surface area contributed by atoms with E-state index in [1.807, 2.05) is 0 Å². The average molecular weight is 169 g/mol. The minimum absolute atomic E-state index is 0.564. The summed E-state index contributed by atoms with van der Waals surface area (Å²) in [4.78, 5) is 0. The Bertz CT molecular complexity index is 130. The Morgan fingerprint density at radius 3 is 2.00 bits per heavy atom. The second kappa shape index (κ2) is 2.90. The standard InChI is InChI=1S/C9H19NSi/c10-9-3-7-11(8-4-9)5-1-2-6-11/h9H,1-8,10H2. The van der Waals surface area contributed by atoms with E-state index in [0.717, 1.165) is 0 Å². The fourth-order valence-electron chi connectivity index (χ4n) is 2.88. The Labute approximate surface area is 70.4 Å². The highest BCUT2D eigenvalue weighted by atomic mass is 28.3. The molecule has 2 fully saturated rings. The first-order valence-corrected chi connectivity index (χ1v) is 7.89. The molecule has 2 aliphatic rings. The van der Waals surface area contributed by atoms with E-state index in [1.165, 1.54) is 12.8 Å². The smallest absolute Gasteiger partial charge is 0.0537 e. The summed E-state index contributed by atoms with van der Waals surface area (Å²) in [6.45, 7) is 0. The van der Waals surface area contributed by atoms with Crippen molar-refractivity contribution < 1.29 is 0 Å². The van der Waals surface area contributed by atoms with Crippen molar-refractivity contribution in [2.75, 3.05) is 0 Å². The first kappa shape index (κ1) is 7.81. The van der Waals surface area contributed by atoms with Crippen molar-refractivity contribution in [2.24, 2.45) is 5.73 Å². The van der Waals surface area contributed by atoms with Crippen LogP contribution in [-0.4, -0.2) is 14.1 Å². The van der Waals surface area contributed by atoms with Crippen LogP contribution >= 0.6 is 0 Å². The third kappa shape index (κ3) is 1.52. The molecule has 0 amide bonds. The lowest BCUT2D eigenvalue weighted by Gasteiger charge is -2.33. The molecule has 0 bridgehead atoms. The lowest BCUT2D eigenvalue weighted by Crippen LogP contribution is -2.39. The molecule has 0 atom stereocenters. The number of rotatable bonds is 0. The lowest BCUT2D eigenvalue weighted by molar-refractivity contribution is 0.589. The third-order valence-corrected chi connectivity index (χ3v) is 9.28. The molecule has 0 saturated carbocycles. The van der Waals surface area contributed by atoms with E-state index in [-0.39, 0.29) is 0 Å². The SMILES string of the molecule is NC1CC[Si]2(CCCC2)CC1. The highest BCUT2D eigenvalue weighted by molar-refractivity contribution is 6.80. The maximum Gasteiger partial charge on any atom is 0.0537 e. The molecule has 0 radical (unpaired) electrons. The Morgan fingerprint density at radius 1 is 0.909 bits per heavy atom. The fourth-order valence-corrected chi connectivity index (χ4v) is 8.34. The van der Waals surface area contributed by atoms with Gasteiger partial charge in [0.05, 0.1) is 8.07 Å². The van der Waals surface area contributed by atoms with Gasteiger partial charge >= 0.3 is 0 Å². The van der Waals surface area contributed by atoms with Crippen molar-refractivity contribution in [2.45, 2.75) is 55.9 Å². The molecule has 11 heavy (non-hydrogen) atoms. The van der Waals surface area contributed by atoms with E-state index in [2.05, 4.69) is 0 Å². The first-order chi connectivity index (χ1) is 5.31. The van der Waals surface area contributed by atoms with Gasteiger partial charge in [0.15, 0.2) is 0 Å². The normalized spacial score (nSPS) is 31.4. The predicted molar refractivity (Wildman–Crippen MR) is 51.4 cm³/mol. The van der Waals surface area contributed by atoms with E-state index < -0.39 is 8.07 Å². The molecule has 2 rings (SSSR count). The number of hydrogen-bond acceptors (Lipinski definition) is 1. The van der Waals surface area contributed by atoms with Crippen molar-refractivity contribution in [1.29, 1.82) is 0 Å². The molecule has 0 unspecified atom stereocenters. The van der Waals surface area contributed by atoms with Gasteiger partial charge in [-0.2, -0.15) is 0 Å². The monoisotopic (exact) mass is 169 g/mol. The fraction of sp³-hybridized carbons (Fsp3) is 1.00. The van der Waals surface area contributed by atoms with Gasteiger partial charge in [0.25, 0.3) is 0 Å². The van der Waals surface area contributed by atoms with Crippen molar-refractivity contribution in [1.82, 2.24) is 0 Å². The summed E-state index contributed by atoms with van der Waals surface area (Å²) in [5, 5.41) is 0. The second-order valence-corrected chi connectivity index (χ2v) is 9.54. The van der Waals surface area contributed by atoms with Gasteiger partial charge in [0.2, 0.25) is 0 Å². The zero-order valence-corrected chi connectivity index (χ0v) is 8.31. The van der Waals surface area contributed by atoms with Crippen LogP contribution < -0.4 is 5.73 Å². The quantitative estimate of drug-likeness (QED) is 0.553. The van der Waals surface area contributed by atoms with Gasteiger partial charge in [-0.3, -0.25) is 0 Å². The first-order valence-electron chi connectivity index (χ1n) is 5.06. The molecule has 0 aromatic rings. The van der Waals surface area contributed by atoms with Crippen molar-refractivity contribution in [3.63, 3.8) is 0 Å². The molecule has 2 heteroatoms. The largest absolute Gasteiger partial charge is 0.328 e. The van der Waals surface area contributed by atoms with Crippen LogP contribution in [0.1, 0.15) is 25.7 Å². The Hall–Kier alpha value is 0.177. The van der Waals surface area contributed by atoms with Crippen LogP contribution in [0.25, 0.3) is 0 Å². The van der Waals surface area contributed by atoms with Gasteiger partial charge in [-0.1, -0.05) is 37.0 Å². The highest BCUT2D eigenvalue weighted by Gasteiger charge is 2.38. The van der Waals surface area contributed by atoms with E-state index in [4.69, 9.17) is 5.73 Å². The van der Waals surface area contributed by atoms with Crippen molar-refractivity contribution >= 4 is 8.07 Å². The molecule has 0 aromatic carbocycles. The summed E-state index contributed by atoms with van der Waals surface area (Å²) >= 11 is 0. The van der Waals surface area contributed by atoms with Crippen LogP contribution in [0.5, 0.6) is 0 Å². The van der Waals surface area contributed by atoms with Crippen molar-refractivity contribution in [3.05, 3.63) is 0 Å². The molecule has 2 aliphatic heterocycles. The van der Waals surface area contributed by atoms with Gasteiger partial charge < -0.3 is 5.73 Å². The zero-order chi connectivity index (χ0) is 7.73. The zero-order valence-electron chi connectivity index (χ0n) is 7.31. The molecule has 1 nitrogen and oxygen atoms in total.